The van der Waals surface area contributed by atoms with Crippen LogP contribution in [0.2, 0.25) is 0 Å². The van der Waals surface area contributed by atoms with Gasteiger partial charge in [0.1, 0.15) is 18.2 Å². The molecule has 0 saturated carbocycles. The molecule has 0 aliphatic carbocycles. The number of ether oxygens (including phenoxy) is 2. The van der Waals surface area contributed by atoms with Crippen molar-refractivity contribution in [2.75, 3.05) is 0 Å². The van der Waals surface area contributed by atoms with E-state index >= 15 is 0 Å². The summed E-state index contributed by atoms with van der Waals surface area (Å²) in [5.41, 5.74) is 0. The van der Waals surface area contributed by atoms with E-state index < -0.39 is 12.0 Å². The molecule has 1 unspecified atom stereocenters. The van der Waals surface area contributed by atoms with E-state index in [4.69, 9.17) is 9.47 Å². The molecule has 1 rings (SSSR count). The molecule has 0 aromatic carbocycles. The number of hydrogen-bond acceptors (Lipinski definition) is 5. The predicted molar refractivity (Wildman–Crippen MR) is 150 cm³/mol. The second-order valence-electron chi connectivity index (χ2n) is 11.1. The van der Waals surface area contributed by atoms with E-state index in [1.807, 2.05) is 20.8 Å². The van der Waals surface area contributed by atoms with Gasteiger partial charge in [0, 0.05) is 6.42 Å². The highest BCUT2D eigenvalue weighted by Gasteiger charge is 2.42. The standard InChI is InChI=1S/C31H55NO5/c1-5-7-8-9-10-11-12-13-14-15-16-17-18-19-20-21-26(23-29-27(6-2)30(34)37-29)36-31(35)28(32-24-33)22-25(3)4/h13-14,24-29H,5-12,15-23H2,1-4H3,(H,32,33)/b14-13-/t26?,27-,28-,29-/m0/s1. The zero-order chi connectivity index (χ0) is 27.3. The fourth-order valence-corrected chi connectivity index (χ4v) is 5.00. The molecule has 6 nitrogen and oxygen atoms in total. The maximum Gasteiger partial charge on any atom is 0.328 e. The SMILES string of the molecule is CCCCCCCC/C=C\CCCCCCCC(C[C@@H]1OC(=O)[C@H]1CC)OC(=O)[C@H](CC(C)C)NC=O. The van der Waals surface area contributed by atoms with Crippen LogP contribution < -0.4 is 5.32 Å². The summed E-state index contributed by atoms with van der Waals surface area (Å²) in [7, 11) is 0. The predicted octanol–water partition coefficient (Wildman–Crippen LogP) is 7.44. The Bertz CT molecular complexity index is 648. The first-order chi connectivity index (χ1) is 17.9. The first kappa shape index (κ1) is 33.2. The Kier molecular flexibility index (Phi) is 18.9. The van der Waals surface area contributed by atoms with E-state index in [1.165, 1.54) is 64.2 Å². The summed E-state index contributed by atoms with van der Waals surface area (Å²) in [5.74, 6) is -0.392. The normalized spacial score (nSPS) is 18.9. The molecular formula is C31H55NO5. The minimum absolute atomic E-state index is 0.102. The maximum absolute atomic E-state index is 12.8. The van der Waals surface area contributed by atoms with Gasteiger partial charge in [-0.1, -0.05) is 91.2 Å². The molecule has 1 aliphatic rings. The molecule has 37 heavy (non-hydrogen) atoms. The molecule has 1 saturated heterocycles. The van der Waals surface area contributed by atoms with Crippen molar-refractivity contribution >= 4 is 18.3 Å². The fraction of sp³-hybridized carbons (Fsp3) is 0.839. The van der Waals surface area contributed by atoms with Gasteiger partial charge in [0.15, 0.2) is 0 Å². The summed E-state index contributed by atoms with van der Waals surface area (Å²) in [4.78, 5) is 35.5. The molecule has 6 heteroatoms. The lowest BCUT2D eigenvalue weighted by molar-refractivity contribution is -0.190. The van der Waals surface area contributed by atoms with Crippen molar-refractivity contribution < 1.29 is 23.9 Å². The quantitative estimate of drug-likeness (QED) is 0.0618. The van der Waals surface area contributed by atoms with E-state index in [0.29, 0.717) is 19.3 Å². The van der Waals surface area contributed by atoms with Crippen LogP contribution in [0.25, 0.3) is 0 Å². The number of carbonyl (C=O) groups is 3. The van der Waals surface area contributed by atoms with E-state index in [9.17, 15) is 14.4 Å². The highest BCUT2D eigenvalue weighted by Crippen LogP contribution is 2.31. The van der Waals surface area contributed by atoms with E-state index in [0.717, 1.165) is 32.1 Å². The van der Waals surface area contributed by atoms with Gasteiger partial charge < -0.3 is 14.8 Å². The summed E-state index contributed by atoms with van der Waals surface area (Å²) in [6.45, 7) is 8.26. The van der Waals surface area contributed by atoms with Gasteiger partial charge in [-0.3, -0.25) is 9.59 Å². The first-order valence-electron chi connectivity index (χ1n) is 15.2. The maximum atomic E-state index is 12.8. The number of carbonyl (C=O) groups excluding carboxylic acids is 3. The lowest BCUT2D eigenvalue weighted by atomic mass is 9.89. The molecule has 0 aromatic heterocycles. The molecule has 0 radical (unpaired) electrons. The number of amides is 1. The van der Waals surface area contributed by atoms with Gasteiger partial charge in [-0.05, 0) is 57.3 Å². The van der Waals surface area contributed by atoms with Crippen molar-refractivity contribution in [1.82, 2.24) is 5.32 Å². The molecule has 1 N–H and O–H groups in total. The number of unbranched alkanes of at least 4 members (excludes halogenated alkanes) is 11. The minimum Gasteiger partial charge on any atom is -0.461 e. The molecule has 1 amide bonds. The molecular weight excluding hydrogens is 466 g/mol. The van der Waals surface area contributed by atoms with Crippen LogP contribution in [0.3, 0.4) is 0 Å². The molecule has 4 atom stereocenters. The van der Waals surface area contributed by atoms with Crippen LogP contribution >= 0.6 is 0 Å². The smallest absolute Gasteiger partial charge is 0.328 e. The molecule has 0 aromatic rings. The van der Waals surface area contributed by atoms with Crippen molar-refractivity contribution in [2.24, 2.45) is 11.8 Å². The molecule has 1 fully saturated rings. The van der Waals surface area contributed by atoms with Gasteiger partial charge in [-0.2, -0.15) is 0 Å². The van der Waals surface area contributed by atoms with Crippen molar-refractivity contribution in [3.05, 3.63) is 12.2 Å². The van der Waals surface area contributed by atoms with Gasteiger partial charge in [0.25, 0.3) is 0 Å². The molecule has 214 valence electrons. The van der Waals surface area contributed by atoms with Crippen LogP contribution in [-0.4, -0.2) is 36.6 Å². The number of cyclic esters (lactones) is 1. The van der Waals surface area contributed by atoms with Crippen LogP contribution in [0.5, 0.6) is 0 Å². The second-order valence-corrected chi connectivity index (χ2v) is 11.1. The third-order valence-corrected chi connectivity index (χ3v) is 7.29. The molecule has 0 bridgehead atoms. The molecule has 0 spiro atoms. The Balaban J connectivity index is 2.32. The van der Waals surface area contributed by atoms with Gasteiger partial charge in [-0.25, -0.2) is 4.79 Å². The largest absolute Gasteiger partial charge is 0.461 e. The van der Waals surface area contributed by atoms with Crippen LogP contribution in [0.1, 0.15) is 137 Å². The van der Waals surface area contributed by atoms with Crippen molar-refractivity contribution in [2.45, 2.75) is 155 Å². The van der Waals surface area contributed by atoms with E-state index in [1.54, 1.807) is 0 Å². The molecule has 1 heterocycles. The summed E-state index contributed by atoms with van der Waals surface area (Å²) in [5, 5.41) is 2.60. The highest BCUT2D eigenvalue weighted by atomic mass is 16.6. The van der Waals surface area contributed by atoms with Crippen molar-refractivity contribution in [3.63, 3.8) is 0 Å². The lowest BCUT2D eigenvalue weighted by Crippen LogP contribution is -2.47. The number of allylic oxidation sites excluding steroid dienone is 2. The lowest BCUT2D eigenvalue weighted by Gasteiger charge is -2.36. The van der Waals surface area contributed by atoms with E-state index in [-0.39, 0.29) is 30.0 Å². The summed E-state index contributed by atoms with van der Waals surface area (Å²) < 4.78 is 11.2. The monoisotopic (exact) mass is 521 g/mol. The Morgan fingerprint density at radius 3 is 2.08 bits per heavy atom. The van der Waals surface area contributed by atoms with E-state index in [2.05, 4.69) is 24.4 Å². The van der Waals surface area contributed by atoms with Gasteiger partial charge >= 0.3 is 11.9 Å². The second kappa shape index (κ2) is 21.1. The van der Waals surface area contributed by atoms with Gasteiger partial charge in [0.05, 0.1) is 5.92 Å². The topological polar surface area (TPSA) is 81.7 Å². The number of hydrogen-bond donors (Lipinski definition) is 1. The van der Waals surface area contributed by atoms with Gasteiger partial charge in [0.2, 0.25) is 6.41 Å². The summed E-state index contributed by atoms with van der Waals surface area (Å²) in [6.07, 6.45) is 23.5. The molecule has 1 aliphatic heterocycles. The van der Waals surface area contributed by atoms with Crippen molar-refractivity contribution in [3.8, 4) is 0 Å². The number of rotatable bonds is 24. The zero-order valence-corrected chi connectivity index (χ0v) is 24.2. The Hall–Kier alpha value is -1.85. The average Bonchev–Trinajstić information content (AvgIpc) is 2.85. The Labute approximate surface area is 226 Å². The average molecular weight is 522 g/mol. The van der Waals surface area contributed by atoms with Crippen LogP contribution in [0, 0.1) is 11.8 Å². The van der Waals surface area contributed by atoms with Crippen molar-refractivity contribution in [1.29, 1.82) is 0 Å². The van der Waals surface area contributed by atoms with Crippen LogP contribution in [-0.2, 0) is 23.9 Å². The third-order valence-electron chi connectivity index (χ3n) is 7.29. The Morgan fingerprint density at radius 2 is 1.54 bits per heavy atom. The van der Waals surface area contributed by atoms with Crippen LogP contribution in [0.4, 0.5) is 0 Å². The fourth-order valence-electron chi connectivity index (χ4n) is 5.00. The first-order valence-corrected chi connectivity index (χ1v) is 15.2. The minimum atomic E-state index is -0.639. The summed E-state index contributed by atoms with van der Waals surface area (Å²) >= 11 is 0. The third kappa shape index (κ3) is 15.2. The zero-order valence-electron chi connectivity index (χ0n) is 24.2. The van der Waals surface area contributed by atoms with Crippen LogP contribution in [0.15, 0.2) is 12.2 Å². The Morgan fingerprint density at radius 1 is 0.946 bits per heavy atom. The van der Waals surface area contributed by atoms with Gasteiger partial charge in [-0.15, -0.1) is 0 Å². The highest BCUT2D eigenvalue weighted by molar-refractivity contribution is 5.79. The number of nitrogens with one attached hydrogen (secondary N) is 1. The summed E-state index contributed by atoms with van der Waals surface area (Å²) in [6, 6.07) is -0.639. The number of esters is 2.